The molecule has 7 nitrogen and oxygen atoms in total. The Morgan fingerprint density at radius 1 is 1.09 bits per heavy atom. The van der Waals surface area contributed by atoms with Crippen molar-refractivity contribution in [3.8, 4) is 0 Å². The number of aliphatic hydroxyl groups excluding tert-OH is 3. The molecule has 0 aromatic heterocycles. The SMILES string of the molecule is CC.CC1C/C=C/C(C)C(O)CCOC(=O)CC(O)C(C)C(=O)C(C)C1.CC=NC(/C=C\C)=C\O. The number of rotatable bonds is 2. The number of nitrogens with zero attached hydrogens (tertiary/aromatic N) is 1. The van der Waals surface area contributed by atoms with E-state index in [0.29, 0.717) is 18.0 Å². The maximum Gasteiger partial charge on any atom is 0.308 e. The van der Waals surface area contributed by atoms with Gasteiger partial charge in [0.1, 0.15) is 12.0 Å². The summed E-state index contributed by atoms with van der Waals surface area (Å²) >= 11 is 0. The lowest BCUT2D eigenvalue weighted by Gasteiger charge is -2.23. The lowest BCUT2D eigenvalue weighted by atomic mass is 9.84. The van der Waals surface area contributed by atoms with Gasteiger partial charge in [0.25, 0.3) is 0 Å². The summed E-state index contributed by atoms with van der Waals surface area (Å²) in [4.78, 5) is 28.0. The fourth-order valence-corrected chi connectivity index (χ4v) is 3.51. The van der Waals surface area contributed by atoms with E-state index >= 15 is 0 Å². The zero-order valence-corrected chi connectivity index (χ0v) is 23.0. The van der Waals surface area contributed by atoms with Gasteiger partial charge in [0.2, 0.25) is 0 Å². The summed E-state index contributed by atoms with van der Waals surface area (Å²) < 4.78 is 5.07. The first-order chi connectivity index (χ1) is 16.6. The van der Waals surface area contributed by atoms with E-state index in [0.717, 1.165) is 19.1 Å². The first-order valence-corrected chi connectivity index (χ1v) is 12.7. The zero-order valence-electron chi connectivity index (χ0n) is 23.0. The van der Waals surface area contributed by atoms with E-state index in [9.17, 15) is 19.8 Å². The normalized spacial score (nSPS) is 30.6. The molecule has 1 heterocycles. The van der Waals surface area contributed by atoms with Crippen LogP contribution in [0, 0.1) is 23.7 Å². The van der Waals surface area contributed by atoms with E-state index in [1.165, 1.54) is 0 Å². The lowest BCUT2D eigenvalue weighted by Crippen LogP contribution is -2.32. The topological polar surface area (TPSA) is 116 Å². The third kappa shape index (κ3) is 16.1. The maximum absolute atomic E-state index is 12.4. The van der Waals surface area contributed by atoms with Crippen molar-refractivity contribution in [2.45, 2.75) is 93.3 Å². The van der Waals surface area contributed by atoms with Crippen molar-refractivity contribution in [1.82, 2.24) is 0 Å². The lowest BCUT2D eigenvalue weighted by molar-refractivity contribution is -0.148. The first-order valence-electron chi connectivity index (χ1n) is 12.7. The number of aliphatic imine (C=N–C) groups is 1. The molecule has 7 heteroatoms. The molecule has 1 aliphatic heterocycles. The summed E-state index contributed by atoms with van der Waals surface area (Å²) in [6.07, 6.45) is 10.3. The van der Waals surface area contributed by atoms with Gasteiger partial charge in [-0.1, -0.05) is 59.8 Å². The van der Waals surface area contributed by atoms with Crippen LogP contribution in [0.25, 0.3) is 0 Å². The van der Waals surface area contributed by atoms with E-state index in [-0.39, 0.29) is 30.6 Å². The van der Waals surface area contributed by atoms with Gasteiger partial charge >= 0.3 is 5.97 Å². The summed E-state index contributed by atoms with van der Waals surface area (Å²) in [7, 11) is 0. The fraction of sp³-hybridized carbons (Fsp3) is 0.679. The number of allylic oxidation sites excluding steroid dienone is 3. The van der Waals surface area contributed by atoms with Gasteiger partial charge < -0.3 is 20.1 Å². The third-order valence-corrected chi connectivity index (χ3v) is 5.65. The zero-order chi connectivity index (χ0) is 27.4. The molecule has 1 aliphatic rings. The van der Waals surface area contributed by atoms with Crippen molar-refractivity contribution in [2.24, 2.45) is 28.7 Å². The van der Waals surface area contributed by atoms with E-state index in [1.807, 2.05) is 52.8 Å². The Labute approximate surface area is 212 Å². The Morgan fingerprint density at radius 3 is 2.26 bits per heavy atom. The molecule has 0 fully saturated rings. The number of carbonyl (C=O) groups is 2. The largest absolute Gasteiger partial charge is 0.513 e. The van der Waals surface area contributed by atoms with Crippen molar-refractivity contribution < 1.29 is 29.6 Å². The van der Waals surface area contributed by atoms with Crippen molar-refractivity contribution in [1.29, 1.82) is 0 Å². The predicted molar refractivity (Wildman–Crippen MR) is 143 cm³/mol. The van der Waals surface area contributed by atoms with Gasteiger partial charge in [-0.15, -0.1) is 0 Å². The number of hydrogen-bond donors (Lipinski definition) is 3. The summed E-state index contributed by atoms with van der Waals surface area (Å²) in [5, 5.41) is 28.7. The molecule has 0 spiro atoms. The molecular formula is C28H49NO6. The van der Waals surface area contributed by atoms with Crippen molar-refractivity contribution in [2.75, 3.05) is 6.61 Å². The molecule has 0 aliphatic carbocycles. The maximum atomic E-state index is 12.4. The smallest absolute Gasteiger partial charge is 0.308 e. The van der Waals surface area contributed by atoms with Crippen LogP contribution in [-0.2, 0) is 14.3 Å². The highest BCUT2D eigenvalue weighted by atomic mass is 16.5. The van der Waals surface area contributed by atoms with Crippen LogP contribution in [0.5, 0.6) is 0 Å². The minimum absolute atomic E-state index is 0.0120. The number of hydrogen-bond acceptors (Lipinski definition) is 7. The Morgan fingerprint density at radius 2 is 1.71 bits per heavy atom. The van der Waals surface area contributed by atoms with Crippen molar-refractivity contribution in [3.05, 3.63) is 36.3 Å². The Balaban J connectivity index is 0. The molecule has 0 bridgehead atoms. The van der Waals surface area contributed by atoms with Gasteiger partial charge in [0.15, 0.2) is 0 Å². The standard InChI is InChI=1S/C19H32O5.C7H11NO.C2H6/c1-12-6-5-7-13(2)16(20)8-9-24-18(22)11-17(21)15(4)19(23)14(3)10-12;1-3-5-7(6-9)8-4-2;1-2/h5,7,12-17,20-21H,6,8-11H2,1-4H3;3-6,9H,1-2H3;1-2H3/b7-5+;5-3-,7-6-,8-4?;. The second kappa shape index (κ2) is 21.1. The number of aliphatic hydroxyl groups is 3. The second-order valence-corrected chi connectivity index (χ2v) is 8.75. The average Bonchev–Trinajstić information content (AvgIpc) is 2.83. The molecule has 0 saturated carbocycles. The Hall–Kier alpha value is -2.25. The third-order valence-electron chi connectivity index (χ3n) is 5.65. The van der Waals surface area contributed by atoms with Crippen molar-refractivity contribution >= 4 is 18.0 Å². The van der Waals surface area contributed by atoms with Gasteiger partial charge in [-0.25, -0.2) is 0 Å². The number of ether oxygens (including phenoxy) is 1. The van der Waals surface area contributed by atoms with Crippen LogP contribution in [-0.4, -0.2) is 52.1 Å². The molecule has 1 rings (SSSR count). The molecule has 202 valence electrons. The monoisotopic (exact) mass is 495 g/mol. The number of Topliss-reactive ketones (excluding diaryl/α,β-unsaturated/α-hetero) is 1. The molecule has 0 aromatic rings. The van der Waals surface area contributed by atoms with E-state index in [2.05, 4.69) is 11.9 Å². The van der Waals surface area contributed by atoms with Crippen LogP contribution >= 0.6 is 0 Å². The number of cyclic esters (lactones) is 1. The number of esters is 1. The molecule has 0 aromatic carbocycles. The van der Waals surface area contributed by atoms with Crippen molar-refractivity contribution in [3.63, 3.8) is 0 Å². The molecule has 3 N–H and O–H groups in total. The van der Waals surface area contributed by atoms with E-state index < -0.39 is 24.1 Å². The molecule has 6 atom stereocenters. The minimum Gasteiger partial charge on any atom is -0.513 e. The van der Waals surface area contributed by atoms with Gasteiger partial charge in [-0.3, -0.25) is 14.6 Å². The van der Waals surface area contributed by atoms with Crippen LogP contribution in [0.2, 0.25) is 0 Å². The fourth-order valence-electron chi connectivity index (χ4n) is 3.51. The Kier molecular flexibility index (Phi) is 21.0. The molecule has 0 saturated heterocycles. The molecule has 6 unspecified atom stereocenters. The minimum atomic E-state index is -1.03. The number of ketones is 1. The number of carbonyl (C=O) groups excluding carboxylic acids is 2. The highest BCUT2D eigenvalue weighted by Crippen LogP contribution is 2.23. The van der Waals surface area contributed by atoms with Gasteiger partial charge in [-0.05, 0) is 38.7 Å². The quantitative estimate of drug-likeness (QED) is 0.151. The summed E-state index contributed by atoms with van der Waals surface area (Å²) in [6.45, 7) is 15.3. The average molecular weight is 496 g/mol. The predicted octanol–water partition coefficient (Wildman–Crippen LogP) is 5.57. The molecule has 0 radical (unpaired) electrons. The van der Waals surface area contributed by atoms with E-state index in [4.69, 9.17) is 9.84 Å². The van der Waals surface area contributed by atoms with Crippen LogP contribution in [0.15, 0.2) is 41.3 Å². The second-order valence-electron chi connectivity index (χ2n) is 8.75. The molecular weight excluding hydrogens is 446 g/mol. The molecule has 0 amide bonds. The summed E-state index contributed by atoms with van der Waals surface area (Å²) in [5.41, 5.74) is 0.569. The highest BCUT2D eigenvalue weighted by molar-refractivity contribution is 5.84. The van der Waals surface area contributed by atoms with Crippen LogP contribution in [0.3, 0.4) is 0 Å². The van der Waals surface area contributed by atoms with E-state index in [1.54, 1.807) is 26.1 Å². The first kappa shape index (κ1) is 34.9. The van der Waals surface area contributed by atoms with Crippen LogP contribution in [0.1, 0.15) is 81.1 Å². The van der Waals surface area contributed by atoms with Crippen LogP contribution < -0.4 is 0 Å². The molecule has 35 heavy (non-hydrogen) atoms. The summed E-state index contributed by atoms with van der Waals surface area (Å²) in [6, 6.07) is 0. The highest BCUT2D eigenvalue weighted by Gasteiger charge is 2.29. The van der Waals surface area contributed by atoms with Crippen LogP contribution in [0.4, 0.5) is 0 Å². The Bertz CT molecular complexity index is 684. The van der Waals surface area contributed by atoms with Gasteiger partial charge in [-0.2, -0.15) is 0 Å². The summed E-state index contributed by atoms with van der Waals surface area (Å²) in [5.74, 6) is -0.980. The van der Waals surface area contributed by atoms with Gasteiger partial charge in [0, 0.05) is 30.4 Å². The van der Waals surface area contributed by atoms with Gasteiger partial charge in [0.05, 0.1) is 30.9 Å².